The van der Waals surface area contributed by atoms with Crippen molar-refractivity contribution in [3.05, 3.63) is 34.2 Å². The monoisotopic (exact) mass is 393 g/mol. The van der Waals surface area contributed by atoms with Gasteiger partial charge in [0.1, 0.15) is 15.8 Å². The number of rotatable bonds is 4. The molecule has 0 spiro atoms. The molecule has 1 saturated carbocycles. The van der Waals surface area contributed by atoms with Crippen LogP contribution in [-0.2, 0) is 17.4 Å². The van der Waals surface area contributed by atoms with Gasteiger partial charge in [-0.1, -0.05) is 16.7 Å². The number of aromatic nitrogens is 2. The van der Waals surface area contributed by atoms with Crippen molar-refractivity contribution in [3.8, 4) is 0 Å². The Morgan fingerprint density at radius 2 is 2.08 bits per heavy atom. The SMILES string of the molecule is Cc1nnc(NC(=O)c2ccc(C(F)(F)F)c([S@+]([O-])C3CC3)c2Cl)o1. The Morgan fingerprint density at radius 3 is 2.60 bits per heavy atom. The number of anilines is 1. The van der Waals surface area contributed by atoms with Crippen LogP contribution in [0.4, 0.5) is 19.2 Å². The van der Waals surface area contributed by atoms with Crippen molar-refractivity contribution in [1.29, 1.82) is 0 Å². The smallest absolute Gasteiger partial charge is 0.421 e. The summed E-state index contributed by atoms with van der Waals surface area (Å²) in [5.74, 6) is -0.638. The van der Waals surface area contributed by atoms with Crippen molar-refractivity contribution in [2.45, 2.75) is 36.1 Å². The number of hydrogen-bond donors (Lipinski definition) is 1. The number of nitrogens with one attached hydrogen (secondary N) is 1. The van der Waals surface area contributed by atoms with Crippen LogP contribution in [0, 0.1) is 6.92 Å². The van der Waals surface area contributed by atoms with E-state index in [1.807, 2.05) is 0 Å². The number of carbonyl (C=O) groups excluding carboxylic acids is 1. The molecule has 134 valence electrons. The van der Waals surface area contributed by atoms with Crippen LogP contribution in [0.2, 0.25) is 5.02 Å². The number of amides is 1. The standard InChI is InChI=1S/C14H11ClF3N3O3S/c1-6-20-21-13(24-6)19-12(22)8-4-5-9(14(16,17)18)11(10(8)15)25(23)7-2-3-7/h4-5,7H,2-3H2,1H3,(H,19,21,22)/t25-/m1/s1. The number of carbonyl (C=O) groups is 1. The van der Waals surface area contributed by atoms with Crippen LogP contribution in [-0.4, -0.2) is 25.9 Å². The van der Waals surface area contributed by atoms with Gasteiger partial charge in [-0.25, -0.2) is 0 Å². The van der Waals surface area contributed by atoms with Crippen molar-refractivity contribution in [2.24, 2.45) is 0 Å². The van der Waals surface area contributed by atoms with Gasteiger partial charge in [0.2, 0.25) is 5.89 Å². The van der Waals surface area contributed by atoms with E-state index < -0.39 is 38.7 Å². The summed E-state index contributed by atoms with van der Waals surface area (Å²) in [5, 5.41) is 8.45. The van der Waals surface area contributed by atoms with Gasteiger partial charge in [0, 0.05) is 19.8 Å². The van der Waals surface area contributed by atoms with E-state index in [1.54, 1.807) is 0 Å². The second kappa shape index (κ2) is 6.50. The third kappa shape index (κ3) is 3.75. The maximum absolute atomic E-state index is 13.2. The lowest BCUT2D eigenvalue weighted by atomic mass is 10.1. The molecule has 1 fully saturated rings. The quantitative estimate of drug-likeness (QED) is 0.802. The van der Waals surface area contributed by atoms with Crippen LogP contribution in [0.1, 0.15) is 34.7 Å². The summed E-state index contributed by atoms with van der Waals surface area (Å²) in [6.45, 7) is 1.50. The van der Waals surface area contributed by atoms with Gasteiger partial charge in [-0.2, -0.15) is 13.2 Å². The first kappa shape index (κ1) is 18.0. The Labute approximate surface area is 147 Å². The normalized spacial score (nSPS) is 15.9. The zero-order valence-electron chi connectivity index (χ0n) is 12.7. The average Bonchev–Trinajstić information content (AvgIpc) is 3.29. The van der Waals surface area contributed by atoms with Crippen LogP contribution in [0.25, 0.3) is 0 Å². The van der Waals surface area contributed by atoms with Gasteiger partial charge < -0.3 is 8.97 Å². The molecule has 0 aliphatic heterocycles. The van der Waals surface area contributed by atoms with E-state index in [4.69, 9.17) is 16.0 Å². The molecule has 1 aliphatic carbocycles. The average molecular weight is 394 g/mol. The highest BCUT2D eigenvalue weighted by Crippen LogP contribution is 2.44. The molecule has 3 rings (SSSR count). The molecule has 25 heavy (non-hydrogen) atoms. The van der Waals surface area contributed by atoms with E-state index in [0.717, 1.165) is 6.07 Å². The van der Waals surface area contributed by atoms with Crippen molar-refractivity contribution in [1.82, 2.24) is 10.2 Å². The van der Waals surface area contributed by atoms with Gasteiger partial charge in [0.25, 0.3) is 5.91 Å². The third-order valence-corrected chi connectivity index (χ3v) is 5.83. The fraction of sp³-hybridized carbons (Fsp3) is 0.357. The summed E-state index contributed by atoms with van der Waals surface area (Å²) in [6, 6.07) is 1.41. The summed E-state index contributed by atoms with van der Waals surface area (Å²) in [4.78, 5) is 11.7. The Morgan fingerprint density at radius 1 is 1.40 bits per heavy atom. The highest BCUT2D eigenvalue weighted by Gasteiger charge is 2.45. The Balaban J connectivity index is 2.00. The molecule has 0 saturated heterocycles. The highest BCUT2D eigenvalue weighted by molar-refractivity contribution is 7.92. The summed E-state index contributed by atoms with van der Waals surface area (Å²) in [5.41, 5.74) is -1.36. The van der Waals surface area contributed by atoms with Crippen molar-refractivity contribution in [2.75, 3.05) is 5.32 Å². The van der Waals surface area contributed by atoms with Crippen LogP contribution in [0.3, 0.4) is 0 Å². The molecule has 2 aromatic rings. The zero-order chi connectivity index (χ0) is 18.4. The lowest BCUT2D eigenvalue weighted by molar-refractivity contribution is -0.139. The van der Waals surface area contributed by atoms with E-state index in [0.29, 0.717) is 18.9 Å². The largest absolute Gasteiger partial charge is 0.611 e. The number of alkyl halides is 3. The molecule has 1 heterocycles. The molecule has 0 bridgehead atoms. The number of halogens is 4. The predicted molar refractivity (Wildman–Crippen MR) is 82.9 cm³/mol. The molecule has 1 aromatic carbocycles. The molecule has 0 unspecified atom stereocenters. The van der Waals surface area contributed by atoms with Crippen LogP contribution in [0.5, 0.6) is 0 Å². The second-order valence-corrected chi connectivity index (χ2v) is 7.43. The first-order valence-corrected chi connectivity index (χ1v) is 8.69. The lowest BCUT2D eigenvalue weighted by Gasteiger charge is -2.18. The maximum atomic E-state index is 13.2. The molecule has 11 heteroatoms. The van der Waals surface area contributed by atoms with Gasteiger partial charge in [-0.3, -0.25) is 10.1 Å². The first-order chi connectivity index (χ1) is 11.7. The summed E-state index contributed by atoms with van der Waals surface area (Å²) < 4.78 is 57.1. The minimum absolute atomic E-state index is 0.198. The number of benzene rings is 1. The highest BCUT2D eigenvalue weighted by atomic mass is 35.5. The Hall–Kier alpha value is -1.78. The van der Waals surface area contributed by atoms with Gasteiger partial charge in [0.05, 0.1) is 5.56 Å². The van der Waals surface area contributed by atoms with E-state index in [9.17, 15) is 22.5 Å². The molecule has 6 nitrogen and oxygen atoms in total. The zero-order valence-corrected chi connectivity index (χ0v) is 14.3. The molecular weight excluding hydrogens is 383 g/mol. The summed E-state index contributed by atoms with van der Waals surface area (Å²) in [6.07, 6.45) is -3.63. The number of aryl methyl sites for hydroxylation is 1. The molecular formula is C14H11ClF3N3O3S. The lowest BCUT2D eigenvalue weighted by Crippen LogP contribution is -2.20. The van der Waals surface area contributed by atoms with Crippen molar-refractivity contribution >= 4 is 34.7 Å². The van der Waals surface area contributed by atoms with Gasteiger partial charge in [-0.15, -0.1) is 5.10 Å². The Bertz CT molecular complexity index is 823. The van der Waals surface area contributed by atoms with E-state index in [2.05, 4.69) is 15.5 Å². The fourth-order valence-electron chi connectivity index (χ4n) is 2.11. The van der Waals surface area contributed by atoms with Gasteiger partial charge in [-0.05, 0) is 23.3 Å². The van der Waals surface area contributed by atoms with Crippen LogP contribution >= 0.6 is 11.6 Å². The van der Waals surface area contributed by atoms with Crippen LogP contribution in [0.15, 0.2) is 21.4 Å². The molecule has 1 atom stereocenters. The third-order valence-electron chi connectivity index (χ3n) is 3.42. The summed E-state index contributed by atoms with van der Waals surface area (Å²) in [7, 11) is 0. The second-order valence-electron chi connectivity index (χ2n) is 5.38. The first-order valence-electron chi connectivity index (χ1n) is 7.10. The maximum Gasteiger partial charge on any atom is 0.421 e. The molecule has 1 aromatic heterocycles. The van der Waals surface area contributed by atoms with Gasteiger partial charge in [0.15, 0.2) is 4.90 Å². The number of hydrogen-bond acceptors (Lipinski definition) is 5. The van der Waals surface area contributed by atoms with E-state index in [-0.39, 0.29) is 22.7 Å². The predicted octanol–water partition coefficient (Wildman–Crippen LogP) is 3.57. The van der Waals surface area contributed by atoms with E-state index in [1.165, 1.54) is 6.92 Å². The van der Waals surface area contributed by atoms with Crippen molar-refractivity contribution in [3.63, 3.8) is 0 Å². The molecule has 1 N–H and O–H groups in total. The fourth-order valence-corrected chi connectivity index (χ4v) is 4.18. The topological polar surface area (TPSA) is 91.1 Å². The molecule has 1 aliphatic rings. The van der Waals surface area contributed by atoms with Crippen LogP contribution < -0.4 is 5.32 Å². The van der Waals surface area contributed by atoms with E-state index >= 15 is 0 Å². The summed E-state index contributed by atoms with van der Waals surface area (Å²) >= 11 is 4.09. The minimum Gasteiger partial charge on any atom is -0.611 e. The molecule has 1 amide bonds. The Kier molecular flexibility index (Phi) is 4.69. The number of nitrogens with zero attached hydrogens (tertiary/aromatic N) is 2. The minimum atomic E-state index is -4.73. The van der Waals surface area contributed by atoms with Crippen molar-refractivity contribution < 1.29 is 26.9 Å². The van der Waals surface area contributed by atoms with Gasteiger partial charge >= 0.3 is 12.2 Å². The molecule has 0 radical (unpaired) electrons.